The van der Waals surface area contributed by atoms with Crippen LogP contribution in [0.5, 0.6) is 0 Å². The molecule has 0 spiro atoms. The largest absolute Gasteiger partial charge is 0.394 e. The van der Waals surface area contributed by atoms with E-state index in [1.54, 1.807) is 49.0 Å². The standard InChI is InChI=1S/C25H31N11O2/c1-26-18-29-19-28-6-7-35(16-23(27-2)17-38-3)25-32-12-21(13-33-25)5-4-20-10-30-24(31-11-20)22-14-34-36(15-22)8-9-37/h10-15,18-19,23,27,37H,1,6-9,16-17H2,2-3H3. The predicted molar refractivity (Wildman–Crippen MR) is 147 cm³/mol. The molecular weight excluding hydrogens is 486 g/mol. The summed E-state index contributed by atoms with van der Waals surface area (Å²) in [7, 11) is 3.55. The lowest BCUT2D eigenvalue weighted by molar-refractivity contribution is 0.171. The fourth-order valence-electron chi connectivity index (χ4n) is 3.27. The fraction of sp³-hybridized carbons (Fsp3) is 0.360. The molecule has 3 aromatic heterocycles. The molecule has 0 aliphatic rings. The van der Waals surface area contributed by atoms with Crippen LogP contribution in [-0.4, -0.2) is 107 Å². The third kappa shape index (κ3) is 8.93. The van der Waals surface area contributed by atoms with Crippen molar-refractivity contribution < 1.29 is 9.84 Å². The molecule has 2 N–H and O–H groups in total. The lowest BCUT2D eigenvalue weighted by Gasteiger charge is -2.26. The van der Waals surface area contributed by atoms with E-state index in [4.69, 9.17) is 9.84 Å². The number of rotatable bonds is 14. The van der Waals surface area contributed by atoms with E-state index < -0.39 is 0 Å². The Morgan fingerprint density at radius 2 is 1.84 bits per heavy atom. The molecule has 0 aromatic carbocycles. The molecule has 0 fully saturated rings. The Labute approximate surface area is 221 Å². The Balaban J connectivity index is 1.67. The van der Waals surface area contributed by atoms with Gasteiger partial charge in [-0.1, -0.05) is 11.8 Å². The van der Waals surface area contributed by atoms with Gasteiger partial charge >= 0.3 is 0 Å². The van der Waals surface area contributed by atoms with Gasteiger partial charge in [-0.3, -0.25) is 14.7 Å². The number of aliphatic imine (C=N–C) groups is 3. The van der Waals surface area contributed by atoms with E-state index in [0.717, 1.165) is 5.56 Å². The smallest absolute Gasteiger partial charge is 0.225 e. The first-order valence-corrected chi connectivity index (χ1v) is 11.8. The van der Waals surface area contributed by atoms with Crippen LogP contribution in [0.15, 0.2) is 52.2 Å². The first kappa shape index (κ1) is 28.2. The SMILES string of the molecule is C=NC=NC=NCCN(CC(COC)NC)c1ncc(C#Cc2cnc(-c3cnn(CCO)c3)nc2)cn1. The van der Waals surface area contributed by atoms with Gasteiger partial charge in [-0.25, -0.2) is 24.9 Å². The van der Waals surface area contributed by atoms with Crippen molar-refractivity contribution >= 4 is 25.3 Å². The predicted octanol–water partition coefficient (Wildman–Crippen LogP) is 0.320. The van der Waals surface area contributed by atoms with E-state index in [1.807, 2.05) is 11.9 Å². The highest BCUT2D eigenvalue weighted by atomic mass is 16.5. The van der Waals surface area contributed by atoms with Gasteiger partial charge in [0.05, 0.1) is 49.2 Å². The molecule has 3 heterocycles. The summed E-state index contributed by atoms with van der Waals surface area (Å²) in [5, 5.41) is 16.4. The molecule has 0 radical (unpaired) electrons. The minimum absolute atomic E-state index is 0.0160. The van der Waals surface area contributed by atoms with Crippen molar-refractivity contribution in [2.45, 2.75) is 12.6 Å². The number of anilines is 1. The second kappa shape index (κ2) is 15.7. The van der Waals surface area contributed by atoms with E-state index in [2.05, 4.69) is 63.9 Å². The number of hydrogen-bond acceptors (Lipinski definition) is 10. The molecule has 1 unspecified atom stereocenters. The average molecular weight is 518 g/mol. The second-order valence-corrected chi connectivity index (χ2v) is 7.89. The number of nitrogens with one attached hydrogen (secondary N) is 1. The second-order valence-electron chi connectivity index (χ2n) is 7.89. The van der Waals surface area contributed by atoms with Crippen LogP contribution in [0.25, 0.3) is 11.4 Å². The molecule has 3 rings (SSSR count). The van der Waals surface area contributed by atoms with E-state index in [9.17, 15) is 0 Å². The fourth-order valence-corrected chi connectivity index (χ4v) is 3.27. The summed E-state index contributed by atoms with van der Waals surface area (Å²) < 4.78 is 6.94. The Morgan fingerprint density at radius 1 is 1.13 bits per heavy atom. The first-order chi connectivity index (χ1) is 18.7. The monoisotopic (exact) mass is 517 g/mol. The number of ether oxygens (including phenoxy) is 1. The van der Waals surface area contributed by atoms with Gasteiger partial charge in [0.25, 0.3) is 0 Å². The Hall–Kier alpha value is -4.38. The average Bonchev–Trinajstić information content (AvgIpc) is 3.42. The molecule has 38 heavy (non-hydrogen) atoms. The molecule has 13 nitrogen and oxygen atoms in total. The molecule has 1 atom stereocenters. The van der Waals surface area contributed by atoms with Crippen LogP contribution in [0.4, 0.5) is 5.95 Å². The summed E-state index contributed by atoms with van der Waals surface area (Å²) in [5.41, 5.74) is 2.09. The third-order valence-corrected chi connectivity index (χ3v) is 5.16. The summed E-state index contributed by atoms with van der Waals surface area (Å²) in [6.45, 7) is 6.03. The van der Waals surface area contributed by atoms with Gasteiger partial charge in [-0.2, -0.15) is 5.10 Å². The van der Waals surface area contributed by atoms with Crippen LogP contribution in [0.3, 0.4) is 0 Å². The van der Waals surface area contributed by atoms with Gasteiger partial charge < -0.3 is 20.1 Å². The van der Waals surface area contributed by atoms with Crippen molar-refractivity contribution in [1.82, 2.24) is 35.0 Å². The van der Waals surface area contributed by atoms with Crippen molar-refractivity contribution in [2.75, 3.05) is 51.9 Å². The van der Waals surface area contributed by atoms with Crippen LogP contribution in [0.1, 0.15) is 11.1 Å². The highest BCUT2D eigenvalue weighted by molar-refractivity contribution is 5.73. The van der Waals surface area contributed by atoms with Gasteiger partial charge in [0.15, 0.2) is 5.82 Å². The minimum Gasteiger partial charge on any atom is -0.394 e. The Kier molecular flexibility index (Phi) is 11.6. The quantitative estimate of drug-likeness (QED) is 0.175. The van der Waals surface area contributed by atoms with Crippen LogP contribution in [0, 0.1) is 11.8 Å². The summed E-state index contributed by atoms with van der Waals surface area (Å²) in [6.07, 6.45) is 12.9. The summed E-state index contributed by atoms with van der Waals surface area (Å²) in [5.74, 6) is 7.18. The normalized spacial score (nSPS) is 12.0. The summed E-state index contributed by atoms with van der Waals surface area (Å²) in [6, 6.07) is 0.0852. The molecule has 0 saturated carbocycles. The van der Waals surface area contributed by atoms with Crippen molar-refractivity contribution in [3.63, 3.8) is 0 Å². The van der Waals surface area contributed by atoms with Crippen LogP contribution >= 0.6 is 0 Å². The molecule has 0 aliphatic carbocycles. The lowest BCUT2D eigenvalue weighted by atomic mass is 10.2. The number of aliphatic hydroxyl groups excluding tert-OH is 1. The molecule has 0 bridgehead atoms. The summed E-state index contributed by atoms with van der Waals surface area (Å²) in [4.78, 5) is 31.5. The third-order valence-electron chi connectivity index (χ3n) is 5.16. The maximum Gasteiger partial charge on any atom is 0.225 e. The zero-order chi connectivity index (χ0) is 27.0. The number of methoxy groups -OCH3 is 1. The van der Waals surface area contributed by atoms with E-state index in [0.29, 0.717) is 55.7 Å². The topological polar surface area (TPSA) is 151 Å². The lowest BCUT2D eigenvalue weighted by Crippen LogP contribution is -2.44. The van der Waals surface area contributed by atoms with Crippen molar-refractivity contribution in [3.05, 3.63) is 48.3 Å². The molecule has 0 aliphatic heterocycles. The van der Waals surface area contributed by atoms with E-state index in [-0.39, 0.29) is 12.6 Å². The van der Waals surface area contributed by atoms with Gasteiger partial charge in [0.1, 0.15) is 12.7 Å². The van der Waals surface area contributed by atoms with Crippen molar-refractivity contribution in [2.24, 2.45) is 15.0 Å². The molecule has 3 aromatic rings. The number of likely N-dealkylation sites (N-methyl/N-ethyl adjacent to an activating group) is 1. The maximum atomic E-state index is 9.02. The highest BCUT2D eigenvalue weighted by Gasteiger charge is 2.15. The number of hydrogen-bond donors (Lipinski definition) is 2. The zero-order valence-electron chi connectivity index (χ0n) is 21.5. The highest BCUT2D eigenvalue weighted by Crippen LogP contribution is 2.13. The van der Waals surface area contributed by atoms with E-state index >= 15 is 0 Å². The molecule has 198 valence electrons. The van der Waals surface area contributed by atoms with Gasteiger partial charge in [-0.05, 0) is 13.8 Å². The first-order valence-electron chi connectivity index (χ1n) is 11.8. The van der Waals surface area contributed by atoms with Crippen molar-refractivity contribution in [3.8, 4) is 23.2 Å². The molecule has 0 amide bonds. The maximum absolute atomic E-state index is 9.02. The zero-order valence-corrected chi connectivity index (χ0v) is 21.5. The number of aromatic nitrogens is 6. The number of aliphatic hydroxyl groups is 1. The summed E-state index contributed by atoms with van der Waals surface area (Å²) >= 11 is 0. The molecule has 13 heteroatoms. The van der Waals surface area contributed by atoms with Gasteiger partial charge in [-0.15, -0.1) is 0 Å². The number of nitrogens with zero attached hydrogens (tertiary/aromatic N) is 10. The van der Waals surface area contributed by atoms with Crippen LogP contribution < -0.4 is 10.2 Å². The van der Waals surface area contributed by atoms with Crippen LogP contribution in [0.2, 0.25) is 0 Å². The Morgan fingerprint density at radius 3 is 2.47 bits per heavy atom. The molecule has 0 saturated heterocycles. The van der Waals surface area contributed by atoms with Crippen LogP contribution in [-0.2, 0) is 11.3 Å². The van der Waals surface area contributed by atoms with Gasteiger partial charge in [0, 0.05) is 57.2 Å². The Bertz CT molecular complexity index is 1240. The molecular formula is C25H31N11O2. The van der Waals surface area contributed by atoms with E-state index in [1.165, 1.54) is 12.7 Å². The van der Waals surface area contributed by atoms with Gasteiger partial charge in [0.2, 0.25) is 5.95 Å². The minimum atomic E-state index is 0.0160. The van der Waals surface area contributed by atoms with Crippen molar-refractivity contribution in [1.29, 1.82) is 0 Å².